The second-order valence-electron chi connectivity index (χ2n) is 5.79. The number of nitrogens with one attached hydrogen (secondary N) is 1. The van der Waals surface area contributed by atoms with E-state index in [1.165, 1.54) is 0 Å². The molecule has 0 heterocycles. The number of ether oxygens (including phenoxy) is 2. The number of amides is 1. The highest BCUT2D eigenvalue weighted by Crippen LogP contribution is 2.21. The first-order chi connectivity index (χ1) is 12.5. The lowest BCUT2D eigenvalue weighted by Gasteiger charge is -2.08. The van der Waals surface area contributed by atoms with Crippen molar-refractivity contribution in [2.24, 2.45) is 0 Å². The Balaban J connectivity index is 1.57. The fourth-order valence-corrected chi connectivity index (χ4v) is 2.30. The molecule has 0 atom stereocenters. The zero-order chi connectivity index (χ0) is 18.8. The average molecular weight is 376 g/mol. The van der Waals surface area contributed by atoms with Gasteiger partial charge in [0.05, 0.1) is 6.61 Å². The van der Waals surface area contributed by atoms with Crippen LogP contribution < -0.4 is 10.1 Å². The summed E-state index contributed by atoms with van der Waals surface area (Å²) in [6, 6.07) is 14.9. The summed E-state index contributed by atoms with van der Waals surface area (Å²) in [7, 11) is 0. The summed E-state index contributed by atoms with van der Waals surface area (Å²) >= 11 is 5.95. The molecule has 1 amide bonds. The minimum Gasteiger partial charge on any atom is -0.494 e. The van der Waals surface area contributed by atoms with Crippen LogP contribution in [0.4, 0.5) is 0 Å². The van der Waals surface area contributed by atoms with Gasteiger partial charge in [-0.15, -0.1) is 0 Å². The van der Waals surface area contributed by atoms with E-state index in [1.54, 1.807) is 12.1 Å². The molecule has 0 aliphatic rings. The second-order valence-corrected chi connectivity index (χ2v) is 6.19. The maximum atomic E-state index is 11.7. The van der Waals surface area contributed by atoms with E-state index in [2.05, 4.69) is 5.32 Å². The van der Waals surface area contributed by atoms with Gasteiger partial charge in [-0.2, -0.15) is 0 Å². The fraction of sp³-hybridized carbons (Fsp3) is 0.300. The summed E-state index contributed by atoms with van der Waals surface area (Å²) in [5.74, 6) is -0.0357. The highest BCUT2D eigenvalue weighted by molar-refractivity contribution is 6.31. The third-order valence-corrected chi connectivity index (χ3v) is 4.04. The van der Waals surface area contributed by atoms with Gasteiger partial charge in [0, 0.05) is 18.0 Å². The zero-order valence-electron chi connectivity index (χ0n) is 14.7. The van der Waals surface area contributed by atoms with E-state index < -0.39 is 5.97 Å². The molecule has 26 heavy (non-hydrogen) atoms. The number of rotatable bonds is 9. The van der Waals surface area contributed by atoms with Crippen LogP contribution in [-0.4, -0.2) is 25.1 Å². The zero-order valence-corrected chi connectivity index (χ0v) is 15.4. The van der Waals surface area contributed by atoms with Crippen molar-refractivity contribution in [1.82, 2.24) is 5.32 Å². The molecule has 0 radical (unpaired) electrons. The second kappa shape index (κ2) is 10.5. The lowest BCUT2D eigenvalue weighted by molar-refractivity contribution is -0.148. The highest BCUT2D eigenvalue weighted by atomic mass is 35.5. The van der Waals surface area contributed by atoms with Crippen LogP contribution >= 0.6 is 11.6 Å². The molecule has 2 aromatic rings. The van der Waals surface area contributed by atoms with Crippen molar-refractivity contribution >= 4 is 23.5 Å². The molecule has 2 aromatic carbocycles. The van der Waals surface area contributed by atoms with Gasteiger partial charge in [0.1, 0.15) is 5.75 Å². The quantitative estimate of drug-likeness (QED) is 0.536. The minimum absolute atomic E-state index is 0.193. The van der Waals surface area contributed by atoms with E-state index >= 15 is 0 Å². The number of halogens is 1. The Morgan fingerprint density at radius 3 is 2.62 bits per heavy atom. The van der Waals surface area contributed by atoms with Crippen LogP contribution in [0.15, 0.2) is 48.5 Å². The van der Waals surface area contributed by atoms with Crippen LogP contribution in [0.5, 0.6) is 5.75 Å². The smallest absolute Gasteiger partial charge is 0.306 e. The number of aryl methyl sites for hydroxylation is 1. The minimum atomic E-state index is -0.421. The van der Waals surface area contributed by atoms with Gasteiger partial charge in [-0.05, 0) is 42.7 Å². The van der Waals surface area contributed by atoms with E-state index in [0.29, 0.717) is 30.3 Å². The molecule has 0 aromatic heterocycles. The van der Waals surface area contributed by atoms with Gasteiger partial charge in [0.25, 0.3) is 5.91 Å². The Kier molecular flexibility index (Phi) is 7.96. The summed E-state index contributed by atoms with van der Waals surface area (Å²) in [5.41, 5.74) is 1.92. The Morgan fingerprint density at radius 2 is 1.88 bits per heavy atom. The van der Waals surface area contributed by atoms with Crippen molar-refractivity contribution in [1.29, 1.82) is 0 Å². The SMILES string of the molecule is Cc1cc(OCCCC(=O)OCC(=O)NCc2ccccc2)ccc1Cl. The maximum Gasteiger partial charge on any atom is 0.306 e. The van der Waals surface area contributed by atoms with Crippen LogP contribution in [0.3, 0.4) is 0 Å². The topological polar surface area (TPSA) is 64.6 Å². The van der Waals surface area contributed by atoms with Crippen molar-refractivity contribution in [3.8, 4) is 5.75 Å². The highest BCUT2D eigenvalue weighted by Gasteiger charge is 2.08. The molecule has 0 aliphatic carbocycles. The summed E-state index contributed by atoms with van der Waals surface area (Å²) in [6.45, 7) is 2.42. The summed E-state index contributed by atoms with van der Waals surface area (Å²) in [5, 5.41) is 3.39. The molecule has 2 rings (SSSR count). The van der Waals surface area contributed by atoms with E-state index in [0.717, 1.165) is 11.1 Å². The van der Waals surface area contributed by atoms with Crippen molar-refractivity contribution in [3.63, 3.8) is 0 Å². The molecule has 0 bridgehead atoms. The van der Waals surface area contributed by atoms with Crippen LogP contribution in [-0.2, 0) is 20.9 Å². The van der Waals surface area contributed by atoms with Gasteiger partial charge in [0.15, 0.2) is 6.61 Å². The van der Waals surface area contributed by atoms with Crippen molar-refractivity contribution in [3.05, 3.63) is 64.7 Å². The fourth-order valence-electron chi connectivity index (χ4n) is 2.18. The molecule has 0 saturated heterocycles. The van der Waals surface area contributed by atoms with Crippen LogP contribution in [0, 0.1) is 6.92 Å². The number of benzene rings is 2. The van der Waals surface area contributed by atoms with E-state index in [9.17, 15) is 9.59 Å². The third-order valence-electron chi connectivity index (χ3n) is 3.62. The molecule has 0 fully saturated rings. The van der Waals surface area contributed by atoms with Crippen LogP contribution in [0.1, 0.15) is 24.0 Å². The van der Waals surface area contributed by atoms with Crippen LogP contribution in [0.25, 0.3) is 0 Å². The van der Waals surface area contributed by atoms with Gasteiger partial charge in [-0.1, -0.05) is 41.9 Å². The van der Waals surface area contributed by atoms with Crippen molar-refractivity contribution in [2.75, 3.05) is 13.2 Å². The first-order valence-electron chi connectivity index (χ1n) is 8.40. The van der Waals surface area contributed by atoms with Gasteiger partial charge in [-0.25, -0.2) is 0 Å². The summed E-state index contributed by atoms with van der Waals surface area (Å²) in [4.78, 5) is 23.3. The summed E-state index contributed by atoms with van der Waals surface area (Å²) in [6.07, 6.45) is 0.699. The molecular weight excluding hydrogens is 354 g/mol. The van der Waals surface area contributed by atoms with E-state index in [1.807, 2.05) is 43.3 Å². The molecule has 0 saturated carbocycles. The monoisotopic (exact) mass is 375 g/mol. The molecule has 138 valence electrons. The number of hydrogen-bond donors (Lipinski definition) is 1. The Bertz CT molecular complexity index is 734. The van der Waals surface area contributed by atoms with Gasteiger partial charge >= 0.3 is 5.97 Å². The molecule has 0 spiro atoms. The number of carbonyl (C=O) groups excluding carboxylic acids is 2. The summed E-state index contributed by atoms with van der Waals surface area (Å²) < 4.78 is 10.5. The molecule has 0 unspecified atom stereocenters. The van der Waals surface area contributed by atoms with Crippen LogP contribution in [0.2, 0.25) is 5.02 Å². The Hall–Kier alpha value is -2.53. The standard InChI is InChI=1S/C20H22ClNO4/c1-15-12-17(9-10-18(15)21)25-11-5-8-20(24)26-14-19(23)22-13-16-6-3-2-4-7-16/h2-4,6-7,9-10,12H,5,8,11,13-14H2,1H3,(H,22,23). The Labute approximate surface area is 158 Å². The molecule has 1 N–H and O–H groups in total. The van der Waals surface area contributed by atoms with E-state index in [-0.39, 0.29) is 18.9 Å². The molecule has 5 nitrogen and oxygen atoms in total. The first-order valence-corrected chi connectivity index (χ1v) is 8.77. The lowest BCUT2D eigenvalue weighted by atomic mass is 10.2. The molecular formula is C20H22ClNO4. The van der Waals surface area contributed by atoms with Crippen molar-refractivity contribution in [2.45, 2.75) is 26.3 Å². The average Bonchev–Trinajstić information content (AvgIpc) is 2.65. The lowest BCUT2D eigenvalue weighted by Crippen LogP contribution is -2.28. The predicted octanol–water partition coefficient (Wildman–Crippen LogP) is 3.67. The largest absolute Gasteiger partial charge is 0.494 e. The number of hydrogen-bond acceptors (Lipinski definition) is 4. The first kappa shape index (κ1) is 19.8. The van der Waals surface area contributed by atoms with Gasteiger partial charge < -0.3 is 14.8 Å². The van der Waals surface area contributed by atoms with Crippen molar-refractivity contribution < 1.29 is 19.1 Å². The maximum absolute atomic E-state index is 11.7. The van der Waals surface area contributed by atoms with Gasteiger partial charge in [-0.3, -0.25) is 9.59 Å². The molecule has 0 aliphatic heterocycles. The normalized spacial score (nSPS) is 10.2. The number of esters is 1. The number of carbonyl (C=O) groups is 2. The Morgan fingerprint density at radius 1 is 1.12 bits per heavy atom. The third kappa shape index (κ3) is 7.15. The molecule has 6 heteroatoms. The predicted molar refractivity (Wildman–Crippen MR) is 100 cm³/mol. The van der Waals surface area contributed by atoms with Gasteiger partial charge in [0.2, 0.25) is 0 Å². The van der Waals surface area contributed by atoms with E-state index in [4.69, 9.17) is 21.1 Å².